The van der Waals surface area contributed by atoms with Gasteiger partial charge in [0.1, 0.15) is 11.5 Å². The van der Waals surface area contributed by atoms with E-state index in [0.717, 1.165) is 5.56 Å². The second-order valence-corrected chi connectivity index (χ2v) is 4.26. The SMILES string of the molecule is Cn1nccc1C(=O)Nc1ccc(CC(N)=NO)cc1. The van der Waals surface area contributed by atoms with Crippen molar-refractivity contribution < 1.29 is 10.0 Å². The van der Waals surface area contributed by atoms with Crippen LogP contribution < -0.4 is 11.1 Å². The molecule has 4 N–H and O–H groups in total. The Bertz CT molecular complexity index is 630. The van der Waals surface area contributed by atoms with Crippen LogP contribution in [-0.4, -0.2) is 26.7 Å². The predicted octanol–water partition coefficient (Wildman–Crippen LogP) is 0.961. The summed E-state index contributed by atoms with van der Waals surface area (Å²) < 4.78 is 1.50. The van der Waals surface area contributed by atoms with E-state index in [1.807, 2.05) is 0 Å². The van der Waals surface area contributed by atoms with Crippen LogP contribution in [0.3, 0.4) is 0 Å². The van der Waals surface area contributed by atoms with Crippen molar-refractivity contribution in [2.24, 2.45) is 17.9 Å². The molecule has 7 heteroatoms. The molecule has 0 aliphatic carbocycles. The molecule has 104 valence electrons. The van der Waals surface area contributed by atoms with Crippen molar-refractivity contribution in [3.8, 4) is 0 Å². The van der Waals surface area contributed by atoms with Crippen LogP contribution in [0.4, 0.5) is 5.69 Å². The van der Waals surface area contributed by atoms with Gasteiger partial charge in [0.05, 0.1) is 0 Å². The Balaban J connectivity index is 2.04. The summed E-state index contributed by atoms with van der Waals surface area (Å²) in [5, 5.41) is 18.1. The molecule has 0 saturated heterocycles. The average Bonchev–Trinajstić information content (AvgIpc) is 2.87. The van der Waals surface area contributed by atoms with Gasteiger partial charge in [0.25, 0.3) is 5.91 Å². The van der Waals surface area contributed by atoms with E-state index in [0.29, 0.717) is 17.8 Å². The van der Waals surface area contributed by atoms with E-state index in [-0.39, 0.29) is 11.7 Å². The van der Waals surface area contributed by atoms with Gasteiger partial charge in [-0.15, -0.1) is 0 Å². The number of aryl methyl sites for hydroxylation is 1. The van der Waals surface area contributed by atoms with E-state index in [4.69, 9.17) is 10.9 Å². The zero-order chi connectivity index (χ0) is 14.5. The molecule has 1 amide bonds. The summed E-state index contributed by atoms with van der Waals surface area (Å²) >= 11 is 0. The van der Waals surface area contributed by atoms with Crippen LogP contribution in [0, 0.1) is 0 Å². The Labute approximate surface area is 115 Å². The molecule has 0 saturated carbocycles. The summed E-state index contributed by atoms with van der Waals surface area (Å²) in [6, 6.07) is 8.76. The molecule has 0 aliphatic rings. The summed E-state index contributed by atoms with van der Waals surface area (Å²) in [6.07, 6.45) is 1.92. The number of anilines is 1. The lowest BCUT2D eigenvalue weighted by Gasteiger charge is -2.06. The van der Waals surface area contributed by atoms with Gasteiger partial charge in [0, 0.05) is 25.4 Å². The number of carbonyl (C=O) groups is 1. The van der Waals surface area contributed by atoms with Crippen LogP contribution in [0.5, 0.6) is 0 Å². The minimum absolute atomic E-state index is 0.136. The number of aromatic nitrogens is 2. The second-order valence-electron chi connectivity index (χ2n) is 4.26. The topological polar surface area (TPSA) is 106 Å². The lowest BCUT2D eigenvalue weighted by atomic mass is 10.1. The van der Waals surface area contributed by atoms with Crippen molar-refractivity contribution in [1.82, 2.24) is 9.78 Å². The highest BCUT2D eigenvalue weighted by Crippen LogP contribution is 2.11. The molecular formula is C13H15N5O2. The number of nitrogens with two attached hydrogens (primary N) is 1. The molecule has 0 spiro atoms. The number of amides is 1. The molecule has 1 heterocycles. The normalized spacial score (nSPS) is 11.3. The average molecular weight is 273 g/mol. The standard InChI is InChI=1S/C13H15N5O2/c1-18-11(6-7-15-18)13(19)16-10-4-2-9(3-5-10)8-12(14)17-20/h2-7,20H,8H2,1H3,(H2,14,17)(H,16,19). The number of hydrogen-bond donors (Lipinski definition) is 3. The minimum Gasteiger partial charge on any atom is -0.409 e. The third-order valence-electron chi connectivity index (χ3n) is 2.78. The van der Waals surface area contributed by atoms with E-state index in [9.17, 15) is 4.79 Å². The fourth-order valence-electron chi connectivity index (χ4n) is 1.74. The number of hydrogen-bond acceptors (Lipinski definition) is 4. The van der Waals surface area contributed by atoms with Crippen LogP contribution in [0.25, 0.3) is 0 Å². The molecule has 7 nitrogen and oxygen atoms in total. The number of carbonyl (C=O) groups excluding carboxylic acids is 1. The van der Waals surface area contributed by atoms with Crippen LogP contribution >= 0.6 is 0 Å². The number of amidine groups is 1. The first-order valence-corrected chi connectivity index (χ1v) is 5.95. The van der Waals surface area contributed by atoms with Crippen molar-refractivity contribution in [1.29, 1.82) is 0 Å². The Morgan fingerprint density at radius 1 is 1.40 bits per heavy atom. The molecule has 0 fully saturated rings. The Morgan fingerprint density at radius 3 is 2.65 bits per heavy atom. The Morgan fingerprint density at radius 2 is 2.10 bits per heavy atom. The molecule has 0 radical (unpaired) electrons. The molecule has 2 rings (SSSR count). The van der Waals surface area contributed by atoms with Gasteiger partial charge in [-0.3, -0.25) is 9.48 Å². The predicted molar refractivity (Wildman–Crippen MR) is 74.7 cm³/mol. The molecule has 1 aromatic carbocycles. The smallest absolute Gasteiger partial charge is 0.273 e. The lowest BCUT2D eigenvalue weighted by molar-refractivity contribution is 0.101. The van der Waals surface area contributed by atoms with E-state index >= 15 is 0 Å². The summed E-state index contributed by atoms with van der Waals surface area (Å²) in [6.45, 7) is 0. The van der Waals surface area contributed by atoms with Crippen molar-refractivity contribution in [3.05, 3.63) is 47.8 Å². The molecule has 0 aliphatic heterocycles. The molecular weight excluding hydrogens is 258 g/mol. The first kappa shape index (κ1) is 13.6. The Kier molecular flexibility index (Phi) is 3.99. The highest BCUT2D eigenvalue weighted by Gasteiger charge is 2.09. The highest BCUT2D eigenvalue weighted by molar-refractivity contribution is 6.03. The minimum atomic E-state index is -0.228. The zero-order valence-electron chi connectivity index (χ0n) is 10.9. The first-order chi connectivity index (χ1) is 9.60. The number of rotatable bonds is 4. The van der Waals surface area contributed by atoms with Crippen LogP contribution in [-0.2, 0) is 13.5 Å². The highest BCUT2D eigenvalue weighted by atomic mass is 16.4. The van der Waals surface area contributed by atoms with Gasteiger partial charge in [-0.25, -0.2) is 0 Å². The molecule has 2 aromatic rings. The van der Waals surface area contributed by atoms with Gasteiger partial charge >= 0.3 is 0 Å². The lowest BCUT2D eigenvalue weighted by Crippen LogP contribution is -2.16. The summed E-state index contributed by atoms with van der Waals surface area (Å²) in [4.78, 5) is 12.0. The van der Waals surface area contributed by atoms with Gasteiger partial charge in [-0.05, 0) is 23.8 Å². The van der Waals surface area contributed by atoms with Crippen molar-refractivity contribution >= 4 is 17.4 Å². The van der Waals surface area contributed by atoms with Crippen molar-refractivity contribution in [3.63, 3.8) is 0 Å². The molecule has 0 atom stereocenters. The van der Waals surface area contributed by atoms with Crippen LogP contribution in [0.1, 0.15) is 16.1 Å². The number of benzene rings is 1. The van der Waals surface area contributed by atoms with Gasteiger partial charge in [-0.2, -0.15) is 5.10 Å². The van der Waals surface area contributed by atoms with Gasteiger partial charge in [-0.1, -0.05) is 17.3 Å². The number of nitrogens with one attached hydrogen (secondary N) is 1. The third kappa shape index (κ3) is 3.14. The van der Waals surface area contributed by atoms with Crippen molar-refractivity contribution in [2.45, 2.75) is 6.42 Å². The maximum atomic E-state index is 12.0. The van der Waals surface area contributed by atoms with E-state index in [1.165, 1.54) is 4.68 Å². The van der Waals surface area contributed by atoms with Crippen LogP contribution in [0.15, 0.2) is 41.7 Å². The summed E-state index contributed by atoms with van der Waals surface area (Å²) in [5.74, 6) is -0.0918. The number of nitrogens with zero attached hydrogens (tertiary/aromatic N) is 3. The molecule has 1 aromatic heterocycles. The molecule has 0 bridgehead atoms. The maximum absolute atomic E-state index is 12.0. The fourth-order valence-corrected chi connectivity index (χ4v) is 1.74. The quantitative estimate of drug-likeness (QED) is 0.334. The molecule has 20 heavy (non-hydrogen) atoms. The third-order valence-corrected chi connectivity index (χ3v) is 2.78. The summed E-state index contributed by atoms with van der Waals surface area (Å²) in [5.41, 5.74) is 7.46. The van der Waals surface area contributed by atoms with Gasteiger partial charge < -0.3 is 16.3 Å². The molecule has 0 unspecified atom stereocenters. The number of oxime groups is 1. The monoisotopic (exact) mass is 273 g/mol. The van der Waals surface area contributed by atoms with E-state index < -0.39 is 0 Å². The largest absolute Gasteiger partial charge is 0.409 e. The second kappa shape index (κ2) is 5.87. The fraction of sp³-hybridized carbons (Fsp3) is 0.154. The van der Waals surface area contributed by atoms with Gasteiger partial charge in [0.2, 0.25) is 0 Å². The van der Waals surface area contributed by atoms with Gasteiger partial charge in [0.15, 0.2) is 0 Å². The van der Waals surface area contributed by atoms with Crippen LogP contribution in [0.2, 0.25) is 0 Å². The zero-order valence-corrected chi connectivity index (χ0v) is 10.9. The van der Waals surface area contributed by atoms with Crippen molar-refractivity contribution in [2.75, 3.05) is 5.32 Å². The van der Waals surface area contributed by atoms with E-state index in [1.54, 1.807) is 43.6 Å². The summed E-state index contributed by atoms with van der Waals surface area (Å²) in [7, 11) is 1.70. The maximum Gasteiger partial charge on any atom is 0.273 e. The first-order valence-electron chi connectivity index (χ1n) is 5.95. The Hall–Kier alpha value is -2.83. The van der Waals surface area contributed by atoms with E-state index in [2.05, 4.69) is 15.6 Å².